The van der Waals surface area contributed by atoms with Crippen LogP contribution >= 0.6 is 0 Å². The number of benzene rings is 4. The van der Waals surface area contributed by atoms with Gasteiger partial charge in [-0.2, -0.15) is 0 Å². The van der Waals surface area contributed by atoms with E-state index in [-0.39, 0.29) is 10.8 Å². The number of aromatic nitrogens is 2. The smallest absolute Gasteiger partial charge is 0.0740 e. The molecule has 0 fully saturated rings. The van der Waals surface area contributed by atoms with Gasteiger partial charge in [0.25, 0.3) is 0 Å². The van der Waals surface area contributed by atoms with E-state index in [1.54, 1.807) is 0 Å². The lowest BCUT2D eigenvalue weighted by Crippen LogP contribution is -2.17. The summed E-state index contributed by atoms with van der Waals surface area (Å²) in [4.78, 5) is 8.32. The summed E-state index contributed by atoms with van der Waals surface area (Å²) in [5, 5.41) is 2.55. The van der Waals surface area contributed by atoms with E-state index in [2.05, 4.69) is 132 Å². The van der Waals surface area contributed by atoms with E-state index in [4.69, 9.17) is 4.98 Å². The molecule has 8 rings (SSSR count). The Morgan fingerprint density at radius 3 is 2.29 bits per heavy atom. The van der Waals surface area contributed by atoms with Crippen molar-refractivity contribution in [2.24, 2.45) is 0 Å². The lowest BCUT2D eigenvalue weighted by Gasteiger charge is -2.25. The van der Waals surface area contributed by atoms with Crippen LogP contribution in [0.4, 0.5) is 0 Å². The molecule has 2 nitrogen and oxygen atoms in total. The van der Waals surface area contributed by atoms with Gasteiger partial charge in [-0.05, 0) is 105 Å². The quantitative estimate of drug-likeness (QED) is 0.237. The summed E-state index contributed by atoms with van der Waals surface area (Å²) >= 11 is 0. The average Bonchev–Trinajstić information content (AvgIpc) is 3.57. The molecule has 0 spiro atoms. The first-order valence-corrected chi connectivity index (χ1v) is 14.7. The molecule has 4 aromatic carbocycles. The normalized spacial score (nSPS) is 15.9. The molecular weight excluding hydrogens is 496 g/mol. The molecule has 2 aliphatic rings. The van der Waals surface area contributed by atoms with Crippen molar-refractivity contribution in [3.63, 3.8) is 0 Å². The van der Waals surface area contributed by atoms with Gasteiger partial charge in [0.2, 0.25) is 0 Å². The van der Waals surface area contributed by atoms with Gasteiger partial charge in [0, 0.05) is 45.1 Å². The van der Waals surface area contributed by atoms with E-state index in [9.17, 15) is 0 Å². The number of allylic oxidation sites excluding steroid dienone is 1. The summed E-state index contributed by atoms with van der Waals surface area (Å²) in [5.41, 5.74) is 18.3. The Hall–Kier alpha value is -4.43. The van der Waals surface area contributed by atoms with Crippen molar-refractivity contribution in [2.75, 3.05) is 0 Å². The monoisotopic (exact) mass is 530 g/mol. The molecule has 0 saturated heterocycles. The zero-order valence-corrected chi connectivity index (χ0v) is 24.6. The first kappa shape index (κ1) is 24.4. The highest BCUT2D eigenvalue weighted by atomic mass is 14.7. The van der Waals surface area contributed by atoms with Gasteiger partial charge >= 0.3 is 0 Å². The molecule has 0 saturated carbocycles. The highest BCUT2D eigenvalue weighted by Crippen LogP contribution is 2.58. The highest BCUT2D eigenvalue weighted by molar-refractivity contribution is 6.03. The third-order valence-corrected chi connectivity index (χ3v) is 9.97. The van der Waals surface area contributed by atoms with Crippen LogP contribution in [0.25, 0.3) is 61.3 Å². The average molecular weight is 531 g/mol. The van der Waals surface area contributed by atoms with Gasteiger partial charge in [0.1, 0.15) is 0 Å². The van der Waals surface area contributed by atoms with Gasteiger partial charge in [-0.1, -0.05) is 76.2 Å². The molecule has 2 heterocycles. The molecule has 2 heteroatoms. The Labute approximate surface area is 241 Å². The van der Waals surface area contributed by atoms with Crippen molar-refractivity contribution in [3.05, 3.63) is 119 Å². The Morgan fingerprint density at radius 1 is 0.732 bits per heavy atom. The minimum absolute atomic E-state index is 0.108. The summed E-state index contributed by atoms with van der Waals surface area (Å²) in [6.07, 6.45) is 8.53. The Bertz CT molecular complexity index is 2120. The van der Waals surface area contributed by atoms with Crippen molar-refractivity contribution in [1.82, 2.24) is 9.97 Å². The molecule has 2 aromatic heterocycles. The maximum atomic E-state index is 4.86. The first-order chi connectivity index (χ1) is 19.7. The number of rotatable bonds is 2. The summed E-state index contributed by atoms with van der Waals surface area (Å²) < 4.78 is 0. The largest absolute Gasteiger partial charge is 0.361 e. The van der Waals surface area contributed by atoms with E-state index in [0.29, 0.717) is 0 Å². The molecule has 200 valence electrons. The van der Waals surface area contributed by atoms with Crippen LogP contribution in [0, 0.1) is 6.92 Å². The summed E-state index contributed by atoms with van der Waals surface area (Å²) in [5.74, 6) is 0. The zero-order valence-electron chi connectivity index (χ0n) is 24.6. The Balaban J connectivity index is 1.38. The number of nitrogens with one attached hydrogen (secondary N) is 1. The number of pyridine rings is 1. The van der Waals surface area contributed by atoms with Gasteiger partial charge < -0.3 is 4.98 Å². The number of aromatic amines is 1. The van der Waals surface area contributed by atoms with E-state index >= 15 is 0 Å². The molecule has 0 atom stereocenters. The first-order valence-electron chi connectivity index (χ1n) is 14.7. The third kappa shape index (κ3) is 3.05. The number of fused-ring (bicyclic) bond motifs is 9. The third-order valence-electron chi connectivity index (χ3n) is 9.97. The minimum atomic E-state index is -0.137. The topological polar surface area (TPSA) is 28.7 Å². The summed E-state index contributed by atoms with van der Waals surface area (Å²) in [6, 6.07) is 25.1. The van der Waals surface area contributed by atoms with Crippen LogP contribution in [0.5, 0.6) is 0 Å². The predicted octanol–water partition coefficient (Wildman–Crippen LogP) is 10.3. The lowest BCUT2D eigenvalue weighted by molar-refractivity contribution is 0.654. The van der Waals surface area contributed by atoms with Crippen molar-refractivity contribution < 1.29 is 0 Å². The van der Waals surface area contributed by atoms with Crippen molar-refractivity contribution in [3.8, 4) is 33.4 Å². The van der Waals surface area contributed by atoms with Crippen molar-refractivity contribution in [2.45, 2.75) is 52.4 Å². The van der Waals surface area contributed by atoms with E-state index in [1.165, 1.54) is 83.1 Å². The summed E-state index contributed by atoms with van der Waals surface area (Å²) in [6.45, 7) is 13.9. The number of aryl methyl sites for hydroxylation is 1. The maximum Gasteiger partial charge on any atom is 0.0740 e. The molecule has 0 radical (unpaired) electrons. The molecule has 2 aliphatic carbocycles. The minimum Gasteiger partial charge on any atom is -0.361 e. The van der Waals surface area contributed by atoms with Gasteiger partial charge in [0.15, 0.2) is 0 Å². The van der Waals surface area contributed by atoms with E-state index in [0.717, 1.165) is 5.52 Å². The second kappa shape index (κ2) is 8.07. The number of hydrogen-bond donors (Lipinski definition) is 1. The van der Waals surface area contributed by atoms with Gasteiger partial charge in [0.05, 0.1) is 5.52 Å². The number of H-pyrrole nitrogens is 1. The molecule has 0 unspecified atom stereocenters. The molecular formula is C39H34N2. The van der Waals surface area contributed by atoms with Crippen molar-refractivity contribution >= 4 is 27.9 Å². The fraction of sp³-hybridized carbons (Fsp3) is 0.205. The van der Waals surface area contributed by atoms with Crippen LogP contribution in [-0.4, -0.2) is 9.97 Å². The van der Waals surface area contributed by atoms with Crippen LogP contribution in [0.2, 0.25) is 0 Å². The van der Waals surface area contributed by atoms with Crippen LogP contribution in [0.3, 0.4) is 0 Å². The molecule has 0 aliphatic heterocycles. The molecule has 0 amide bonds. The van der Waals surface area contributed by atoms with Crippen LogP contribution in [-0.2, 0) is 10.8 Å². The van der Waals surface area contributed by atoms with Gasteiger partial charge in [-0.25, -0.2) is 0 Å². The van der Waals surface area contributed by atoms with E-state index < -0.39 is 0 Å². The lowest BCUT2D eigenvalue weighted by atomic mass is 9.78. The highest BCUT2D eigenvalue weighted by Gasteiger charge is 2.43. The van der Waals surface area contributed by atoms with Crippen LogP contribution < -0.4 is 0 Å². The Kier molecular flexibility index (Phi) is 4.80. The molecule has 6 aromatic rings. The molecule has 41 heavy (non-hydrogen) atoms. The molecule has 1 N–H and O–H groups in total. The number of nitrogens with zero attached hydrogens (tertiary/aromatic N) is 1. The molecule has 0 bridgehead atoms. The number of para-hydroxylation sites is 1. The fourth-order valence-corrected chi connectivity index (χ4v) is 7.91. The standard InChI is InChI=1S/C39H34N2/c1-7-11-24-22(2)37-27(13-10-17-40-37)36-35(24)29-20-32-28(19-33(29)39(36,5)6)25-16-15-23(18-31(25)38(32,3)4)30-21-41-34-14-9-8-12-26(30)34/h7-21,41H,1-6H3/b11-7-. The zero-order chi connectivity index (χ0) is 28.3. The van der Waals surface area contributed by atoms with Crippen LogP contribution in [0.15, 0.2) is 85.2 Å². The second-order valence-corrected chi connectivity index (χ2v) is 12.9. The fourth-order valence-electron chi connectivity index (χ4n) is 7.91. The second-order valence-electron chi connectivity index (χ2n) is 12.9. The Morgan fingerprint density at radius 2 is 1.46 bits per heavy atom. The van der Waals surface area contributed by atoms with E-state index in [1.807, 2.05) is 6.20 Å². The SMILES string of the molecule is C/C=C\c1c2c(c3cccnc3c1C)C(C)(C)c1cc3c(cc1-2)C(C)(C)c1cc(-c2c[nH]c4ccccc24)ccc1-3. The van der Waals surface area contributed by atoms with Gasteiger partial charge in [-0.3, -0.25) is 4.98 Å². The maximum absolute atomic E-state index is 4.86. The van der Waals surface area contributed by atoms with Crippen LogP contribution in [0.1, 0.15) is 68.0 Å². The predicted molar refractivity (Wildman–Crippen MR) is 174 cm³/mol. The summed E-state index contributed by atoms with van der Waals surface area (Å²) in [7, 11) is 0. The number of hydrogen-bond acceptors (Lipinski definition) is 1. The van der Waals surface area contributed by atoms with Crippen molar-refractivity contribution in [1.29, 1.82) is 0 Å². The van der Waals surface area contributed by atoms with Gasteiger partial charge in [-0.15, -0.1) is 0 Å².